The van der Waals surface area contributed by atoms with E-state index >= 15 is 0 Å². The van der Waals surface area contributed by atoms with Gasteiger partial charge < -0.3 is 15.5 Å². The Kier molecular flexibility index (Phi) is 6.15. The lowest BCUT2D eigenvalue weighted by atomic mass is 10.1. The zero-order valence-corrected chi connectivity index (χ0v) is 14.7. The van der Waals surface area contributed by atoms with Crippen LogP contribution < -0.4 is 10.6 Å². The number of rotatable bonds is 5. The van der Waals surface area contributed by atoms with Gasteiger partial charge in [-0.05, 0) is 44.4 Å². The first-order valence-electron chi connectivity index (χ1n) is 8.75. The van der Waals surface area contributed by atoms with Crippen LogP contribution in [0.1, 0.15) is 36.0 Å². The van der Waals surface area contributed by atoms with Crippen LogP contribution in [0.25, 0.3) is 0 Å². The minimum atomic E-state index is -0.0413. The molecule has 6 heteroatoms. The van der Waals surface area contributed by atoms with Gasteiger partial charge in [0.1, 0.15) is 0 Å². The predicted octanol–water partition coefficient (Wildman–Crippen LogP) is 1.88. The van der Waals surface area contributed by atoms with Gasteiger partial charge in [-0.3, -0.25) is 9.59 Å². The van der Waals surface area contributed by atoms with Crippen molar-refractivity contribution in [2.45, 2.75) is 36.6 Å². The fraction of sp³-hybridized carbons (Fsp3) is 0.556. The monoisotopic (exact) mass is 347 g/mol. The molecule has 0 radical (unpaired) electrons. The van der Waals surface area contributed by atoms with Gasteiger partial charge in [0.05, 0.1) is 11.3 Å². The number of benzene rings is 1. The number of nitrogens with one attached hydrogen (secondary N) is 2. The Morgan fingerprint density at radius 2 is 2.00 bits per heavy atom. The van der Waals surface area contributed by atoms with Crippen LogP contribution in [0.5, 0.6) is 0 Å². The van der Waals surface area contributed by atoms with Gasteiger partial charge in [-0.15, -0.1) is 11.8 Å². The van der Waals surface area contributed by atoms with Crippen LogP contribution in [-0.4, -0.2) is 54.7 Å². The first-order valence-corrected chi connectivity index (χ1v) is 9.74. The molecule has 130 valence electrons. The molecule has 1 atom stereocenters. The van der Waals surface area contributed by atoms with Gasteiger partial charge in [0, 0.05) is 30.6 Å². The van der Waals surface area contributed by atoms with E-state index in [0.29, 0.717) is 11.3 Å². The van der Waals surface area contributed by atoms with Gasteiger partial charge in [-0.1, -0.05) is 12.1 Å². The van der Waals surface area contributed by atoms with Crippen molar-refractivity contribution in [3.63, 3.8) is 0 Å². The van der Waals surface area contributed by atoms with Crippen LogP contribution >= 0.6 is 11.8 Å². The van der Waals surface area contributed by atoms with Gasteiger partial charge in [0.25, 0.3) is 5.91 Å². The third-order valence-corrected chi connectivity index (χ3v) is 5.63. The van der Waals surface area contributed by atoms with E-state index in [0.717, 1.165) is 56.8 Å². The van der Waals surface area contributed by atoms with E-state index < -0.39 is 0 Å². The summed E-state index contributed by atoms with van der Waals surface area (Å²) in [6, 6.07) is 7.75. The summed E-state index contributed by atoms with van der Waals surface area (Å²) in [7, 11) is 0. The second-order valence-corrected chi connectivity index (χ2v) is 7.41. The molecule has 3 rings (SSSR count). The van der Waals surface area contributed by atoms with Crippen molar-refractivity contribution in [1.82, 2.24) is 15.5 Å². The first kappa shape index (κ1) is 17.3. The Bertz CT molecular complexity index is 581. The zero-order chi connectivity index (χ0) is 16.8. The standard InChI is InChI=1S/C18H25N3O2S/c22-17(21-10-3-4-11-21)13-24-16-8-2-1-7-15(16)18(23)20-14-6-5-9-19-12-14/h1-2,7-8,14,19H,3-6,9-13H2,(H,20,23)/t14-/m0/s1. The molecule has 2 aliphatic rings. The number of hydrogen-bond acceptors (Lipinski definition) is 4. The van der Waals surface area contributed by atoms with Crippen molar-refractivity contribution < 1.29 is 9.59 Å². The molecule has 0 saturated carbocycles. The highest BCUT2D eigenvalue weighted by Gasteiger charge is 2.21. The van der Waals surface area contributed by atoms with Crippen molar-refractivity contribution in [1.29, 1.82) is 0 Å². The van der Waals surface area contributed by atoms with E-state index in [4.69, 9.17) is 0 Å². The third-order valence-electron chi connectivity index (χ3n) is 4.57. The topological polar surface area (TPSA) is 61.4 Å². The number of carbonyl (C=O) groups excluding carboxylic acids is 2. The highest BCUT2D eigenvalue weighted by molar-refractivity contribution is 8.00. The number of piperidine rings is 1. The molecule has 0 spiro atoms. The molecule has 2 saturated heterocycles. The zero-order valence-electron chi connectivity index (χ0n) is 13.9. The van der Waals surface area contributed by atoms with Crippen LogP contribution in [0.3, 0.4) is 0 Å². The minimum Gasteiger partial charge on any atom is -0.348 e. The number of thioether (sulfide) groups is 1. The maximum Gasteiger partial charge on any atom is 0.252 e. The van der Waals surface area contributed by atoms with E-state index in [-0.39, 0.29) is 17.9 Å². The SMILES string of the molecule is O=C(N[C@H]1CCCNC1)c1ccccc1SCC(=O)N1CCCC1. The summed E-state index contributed by atoms with van der Waals surface area (Å²) in [4.78, 5) is 27.6. The van der Waals surface area contributed by atoms with Crippen LogP contribution in [0.4, 0.5) is 0 Å². The van der Waals surface area contributed by atoms with Crippen molar-refractivity contribution in [3.05, 3.63) is 29.8 Å². The summed E-state index contributed by atoms with van der Waals surface area (Å²) < 4.78 is 0. The first-order chi connectivity index (χ1) is 11.7. The molecule has 1 aromatic carbocycles. The predicted molar refractivity (Wildman–Crippen MR) is 96.3 cm³/mol. The van der Waals surface area contributed by atoms with Gasteiger partial charge in [-0.2, -0.15) is 0 Å². The number of nitrogens with zero attached hydrogens (tertiary/aromatic N) is 1. The van der Waals surface area contributed by atoms with E-state index in [1.165, 1.54) is 11.8 Å². The van der Waals surface area contributed by atoms with E-state index in [9.17, 15) is 9.59 Å². The molecular formula is C18H25N3O2S. The largest absolute Gasteiger partial charge is 0.348 e. The van der Waals surface area contributed by atoms with Gasteiger partial charge >= 0.3 is 0 Å². The maximum atomic E-state index is 12.6. The van der Waals surface area contributed by atoms with Crippen LogP contribution in [-0.2, 0) is 4.79 Å². The van der Waals surface area contributed by atoms with Gasteiger partial charge in [-0.25, -0.2) is 0 Å². The molecule has 5 nitrogen and oxygen atoms in total. The molecule has 2 amide bonds. The molecule has 24 heavy (non-hydrogen) atoms. The highest BCUT2D eigenvalue weighted by Crippen LogP contribution is 2.24. The maximum absolute atomic E-state index is 12.6. The molecule has 2 N–H and O–H groups in total. The van der Waals surface area contributed by atoms with Crippen molar-refractivity contribution >= 4 is 23.6 Å². The molecule has 0 unspecified atom stereocenters. The Morgan fingerprint density at radius 1 is 1.21 bits per heavy atom. The van der Waals surface area contributed by atoms with Crippen LogP contribution in [0, 0.1) is 0 Å². The fourth-order valence-corrected chi connectivity index (χ4v) is 4.17. The number of hydrogen-bond donors (Lipinski definition) is 2. The summed E-state index contributed by atoms with van der Waals surface area (Å²) in [6.07, 6.45) is 4.31. The minimum absolute atomic E-state index is 0.0413. The van der Waals surface area contributed by atoms with E-state index in [2.05, 4.69) is 10.6 Å². The molecule has 2 fully saturated rings. The quantitative estimate of drug-likeness (QED) is 0.799. The third kappa shape index (κ3) is 4.51. The summed E-state index contributed by atoms with van der Waals surface area (Å²) in [6.45, 7) is 3.60. The molecular weight excluding hydrogens is 322 g/mol. The number of amides is 2. The van der Waals surface area contributed by atoms with Crippen molar-refractivity contribution in [2.24, 2.45) is 0 Å². The average molecular weight is 347 g/mol. The normalized spacial score (nSPS) is 20.8. The molecule has 1 aromatic rings. The lowest BCUT2D eigenvalue weighted by molar-refractivity contribution is -0.127. The van der Waals surface area contributed by atoms with E-state index in [1.54, 1.807) is 0 Å². The number of carbonyl (C=O) groups is 2. The van der Waals surface area contributed by atoms with Crippen LogP contribution in [0.15, 0.2) is 29.2 Å². The fourth-order valence-electron chi connectivity index (χ4n) is 3.22. The lowest BCUT2D eigenvalue weighted by Crippen LogP contribution is -2.45. The molecule has 0 bridgehead atoms. The Labute approximate surface area is 147 Å². The molecule has 2 aliphatic heterocycles. The Balaban J connectivity index is 1.59. The summed E-state index contributed by atoms with van der Waals surface area (Å²) in [5.41, 5.74) is 0.669. The number of likely N-dealkylation sites (tertiary alicyclic amines) is 1. The lowest BCUT2D eigenvalue weighted by Gasteiger charge is -2.24. The van der Waals surface area contributed by atoms with Gasteiger partial charge in [0.2, 0.25) is 5.91 Å². The van der Waals surface area contributed by atoms with Gasteiger partial charge in [0.15, 0.2) is 0 Å². The molecule has 0 aromatic heterocycles. The second-order valence-electron chi connectivity index (χ2n) is 6.39. The Morgan fingerprint density at radius 3 is 2.75 bits per heavy atom. The highest BCUT2D eigenvalue weighted by atomic mass is 32.2. The van der Waals surface area contributed by atoms with E-state index in [1.807, 2.05) is 29.2 Å². The summed E-state index contributed by atoms with van der Waals surface area (Å²) in [5.74, 6) is 0.527. The average Bonchev–Trinajstić information content (AvgIpc) is 3.15. The van der Waals surface area contributed by atoms with Crippen molar-refractivity contribution in [3.8, 4) is 0 Å². The second kappa shape index (κ2) is 8.53. The van der Waals surface area contributed by atoms with Crippen molar-refractivity contribution in [2.75, 3.05) is 31.9 Å². The summed E-state index contributed by atoms with van der Waals surface area (Å²) >= 11 is 1.46. The van der Waals surface area contributed by atoms with Crippen LogP contribution in [0.2, 0.25) is 0 Å². The smallest absolute Gasteiger partial charge is 0.252 e. The molecule has 2 heterocycles. The summed E-state index contributed by atoms with van der Waals surface area (Å²) in [5, 5.41) is 6.42. The Hall–Kier alpha value is -1.53. The molecule has 0 aliphatic carbocycles.